The maximum absolute atomic E-state index is 13.0. The molecule has 1 N–H and O–H groups in total. The second-order valence-electron chi connectivity index (χ2n) is 5.73. The Morgan fingerprint density at radius 1 is 1.31 bits per heavy atom. The molecule has 0 aliphatic carbocycles. The van der Waals surface area contributed by atoms with Gasteiger partial charge in [-0.15, -0.1) is 11.3 Å². The largest absolute Gasteiger partial charge is 0.417 e. The molecule has 2 heterocycles. The molecule has 0 radical (unpaired) electrons. The Bertz CT molecular complexity index is 955. The molecule has 0 bridgehead atoms. The van der Waals surface area contributed by atoms with Gasteiger partial charge in [-0.05, 0) is 12.1 Å². The zero-order chi connectivity index (χ0) is 19.1. The maximum atomic E-state index is 13.0. The van der Waals surface area contributed by atoms with Crippen LogP contribution in [0.4, 0.5) is 18.3 Å². The van der Waals surface area contributed by atoms with Crippen LogP contribution in [0.3, 0.4) is 0 Å². The van der Waals surface area contributed by atoms with E-state index in [2.05, 4.69) is 10.3 Å². The number of hydrogen-bond acceptors (Lipinski definition) is 5. The molecule has 1 aromatic carbocycles. The van der Waals surface area contributed by atoms with Gasteiger partial charge in [0.25, 0.3) is 5.91 Å². The van der Waals surface area contributed by atoms with E-state index in [1.807, 2.05) is 0 Å². The van der Waals surface area contributed by atoms with E-state index in [-0.39, 0.29) is 18.2 Å². The first kappa shape index (κ1) is 18.8. The van der Waals surface area contributed by atoms with Gasteiger partial charge in [-0.2, -0.15) is 17.5 Å². The smallest absolute Gasteiger partial charge is 0.298 e. The van der Waals surface area contributed by atoms with E-state index in [9.17, 15) is 26.4 Å². The van der Waals surface area contributed by atoms with Crippen molar-refractivity contribution in [2.75, 3.05) is 18.1 Å². The zero-order valence-electron chi connectivity index (χ0n) is 13.5. The van der Waals surface area contributed by atoms with Gasteiger partial charge < -0.3 is 0 Å². The summed E-state index contributed by atoms with van der Waals surface area (Å²) in [5.74, 6) is -0.913. The number of aromatic nitrogens is 1. The van der Waals surface area contributed by atoms with Crippen LogP contribution in [0.15, 0.2) is 24.3 Å². The van der Waals surface area contributed by atoms with Crippen molar-refractivity contribution >= 4 is 32.4 Å². The molecule has 140 valence electrons. The number of halogens is 3. The van der Waals surface area contributed by atoms with Gasteiger partial charge in [0.2, 0.25) is 10.0 Å². The van der Waals surface area contributed by atoms with Gasteiger partial charge in [0, 0.05) is 24.4 Å². The molecule has 1 aliphatic rings. The average Bonchev–Trinajstić information content (AvgIpc) is 2.94. The number of rotatable bonds is 3. The van der Waals surface area contributed by atoms with Gasteiger partial charge in [-0.3, -0.25) is 10.1 Å². The Balaban J connectivity index is 1.82. The summed E-state index contributed by atoms with van der Waals surface area (Å²) in [7, 11) is -3.35. The van der Waals surface area contributed by atoms with Gasteiger partial charge in [-0.1, -0.05) is 12.1 Å². The fourth-order valence-corrected chi connectivity index (χ4v) is 4.49. The molecule has 26 heavy (non-hydrogen) atoms. The monoisotopic (exact) mass is 405 g/mol. The number of hydrogen-bond donors (Lipinski definition) is 1. The number of benzene rings is 1. The maximum Gasteiger partial charge on any atom is 0.417 e. The number of nitrogens with zero attached hydrogens (tertiary/aromatic N) is 2. The summed E-state index contributed by atoms with van der Waals surface area (Å²) in [5, 5.41) is 2.53. The minimum Gasteiger partial charge on any atom is -0.298 e. The van der Waals surface area contributed by atoms with Crippen molar-refractivity contribution < 1.29 is 26.4 Å². The molecule has 0 spiro atoms. The summed E-state index contributed by atoms with van der Waals surface area (Å²) in [5.41, 5.74) is -0.873. The summed E-state index contributed by atoms with van der Waals surface area (Å²) in [6, 6.07) is 4.49. The molecular formula is C15H14F3N3O3S2. The fraction of sp³-hybridized carbons (Fsp3) is 0.333. The third kappa shape index (κ3) is 3.89. The van der Waals surface area contributed by atoms with E-state index in [0.717, 1.165) is 29.7 Å². The lowest BCUT2D eigenvalue weighted by Gasteiger charge is -2.23. The molecule has 1 aromatic heterocycles. The lowest BCUT2D eigenvalue weighted by Crippen LogP contribution is -2.34. The number of carbonyl (C=O) groups excluding carboxylic acids is 1. The molecule has 1 amide bonds. The fourth-order valence-electron chi connectivity index (χ4n) is 2.60. The van der Waals surface area contributed by atoms with Crippen LogP contribution in [0.1, 0.15) is 26.5 Å². The summed E-state index contributed by atoms with van der Waals surface area (Å²) in [6.07, 6.45) is -3.16. The molecule has 0 saturated heterocycles. The summed E-state index contributed by atoms with van der Waals surface area (Å²) in [6.45, 7) is 0.417. The van der Waals surface area contributed by atoms with E-state index in [4.69, 9.17) is 0 Å². The second kappa shape index (κ2) is 6.63. The van der Waals surface area contributed by atoms with Crippen molar-refractivity contribution in [2.45, 2.75) is 19.1 Å². The third-order valence-corrected chi connectivity index (χ3v) is 6.11. The number of fused-ring (bicyclic) bond motifs is 1. The Hall–Kier alpha value is -1.98. The molecule has 2 aromatic rings. The zero-order valence-corrected chi connectivity index (χ0v) is 15.1. The molecule has 6 nitrogen and oxygen atoms in total. The van der Waals surface area contributed by atoms with Crippen LogP contribution in [-0.4, -0.2) is 36.4 Å². The Kier molecular flexibility index (Phi) is 4.80. The van der Waals surface area contributed by atoms with Crippen molar-refractivity contribution in [3.8, 4) is 0 Å². The van der Waals surface area contributed by atoms with Crippen LogP contribution in [0.5, 0.6) is 0 Å². The standard InChI is InChI=1S/C15H14F3N3O3S2/c1-26(23,24)21-7-6-11-12(8-21)25-14(19-11)20-13(22)9-4-2-3-5-10(9)15(16,17)18/h2-5H,6-8H2,1H3,(H,19,20,22). The van der Waals surface area contributed by atoms with E-state index >= 15 is 0 Å². The average molecular weight is 405 g/mol. The Morgan fingerprint density at radius 2 is 2.00 bits per heavy atom. The van der Waals surface area contributed by atoms with Crippen LogP contribution in [0, 0.1) is 0 Å². The number of amides is 1. The summed E-state index contributed by atoms with van der Waals surface area (Å²) >= 11 is 1.06. The minimum atomic E-state index is -4.65. The van der Waals surface area contributed by atoms with Crippen molar-refractivity contribution in [1.29, 1.82) is 0 Å². The van der Waals surface area contributed by atoms with E-state index in [0.29, 0.717) is 17.0 Å². The number of thiazole rings is 1. The normalized spacial score (nSPS) is 15.5. The molecule has 11 heteroatoms. The topological polar surface area (TPSA) is 79.4 Å². The number of carbonyl (C=O) groups is 1. The quantitative estimate of drug-likeness (QED) is 0.852. The lowest BCUT2D eigenvalue weighted by molar-refractivity contribution is -0.137. The number of alkyl halides is 3. The third-order valence-electron chi connectivity index (χ3n) is 3.86. The highest BCUT2D eigenvalue weighted by Crippen LogP contribution is 2.33. The second-order valence-corrected chi connectivity index (χ2v) is 8.80. The molecule has 3 rings (SSSR count). The Labute approximate surface area is 151 Å². The number of sulfonamides is 1. The molecule has 0 atom stereocenters. The number of nitrogens with one attached hydrogen (secondary N) is 1. The van der Waals surface area contributed by atoms with Gasteiger partial charge in [-0.25, -0.2) is 13.4 Å². The van der Waals surface area contributed by atoms with Gasteiger partial charge in [0.15, 0.2) is 5.13 Å². The molecule has 0 saturated carbocycles. The molecular weight excluding hydrogens is 391 g/mol. The highest BCUT2D eigenvalue weighted by Gasteiger charge is 2.35. The van der Waals surface area contributed by atoms with Gasteiger partial charge >= 0.3 is 6.18 Å². The predicted octanol–water partition coefficient (Wildman–Crippen LogP) is 2.73. The SMILES string of the molecule is CS(=O)(=O)N1CCc2nc(NC(=O)c3ccccc3C(F)(F)F)sc2C1. The highest BCUT2D eigenvalue weighted by atomic mass is 32.2. The Morgan fingerprint density at radius 3 is 2.65 bits per heavy atom. The van der Waals surface area contributed by atoms with Crippen molar-refractivity contribution in [3.05, 3.63) is 46.0 Å². The van der Waals surface area contributed by atoms with Crippen LogP contribution >= 0.6 is 11.3 Å². The van der Waals surface area contributed by atoms with Crippen molar-refractivity contribution in [2.24, 2.45) is 0 Å². The van der Waals surface area contributed by atoms with Gasteiger partial charge in [0.1, 0.15) is 0 Å². The predicted molar refractivity (Wildman–Crippen MR) is 90.5 cm³/mol. The number of anilines is 1. The first-order valence-corrected chi connectivity index (χ1v) is 10.1. The first-order valence-electron chi connectivity index (χ1n) is 7.47. The summed E-state index contributed by atoms with van der Waals surface area (Å²) in [4.78, 5) is 17.1. The van der Waals surface area contributed by atoms with Crippen LogP contribution < -0.4 is 5.32 Å². The van der Waals surface area contributed by atoms with E-state index in [1.54, 1.807) is 0 Å². The molecule has 0 unspecified atom stereocenters. The molecule has 1 aliphatic heterocycles. The summed E-state index contributed by atoms with van der Waals surface area (Å²) < 4.78 is 63.6. The lowest BCUT2D eigenvalue weighted by atomic mass is 10.1. The van der Waals surface area contributed by atoms with Crippen LogP contribution in [-0.2, 0) is 29.2 Å². The van der Waals surface area contributed by atoms with Crippen molar-refractivity contribution in [3.63, 3.8) is 0 Å². The van der Waals surface area contributed by atoms with Crippen LogP contribution in [0.2, 0.25) is 0 Å². The van der Waals surface area contributed by atoms with E-state index in [1.165, 1.54) is 16.4 Å². The van der Waals surface area contributed by atoms with E-state index < -0.39 is 33.2 Å². The van der Waals surface area contributed by atoms with Crippen LogP contribution in [0.25, 0.3) is 0 Å². The van der Waals surface area contributed by atoms with Gasteiger partial charge in [0.05, 0.1) is 23.1 Å². The van der Waals surface area contributed by atoms with Crippen molar-refractivity contribution in [1.82, 2.24) is 9.29 Å². The first-order chi connectivity index (χ1) is 12.1. The highest BCUT2D eigenvalue weighted by molar-refractivity contribution is 7.88. The molecule has 0 fully saturated rings. The minimum absolute atomic E-state index is 0.140.